The largest absolute Gasteiger partial charge is 0.496 e. The fraction of sp³-hybridized carbons (Fsp3) is 0.231. The predicted molar refractivity (Wildman–Crippen MR) is 127 cm³/mol. The number of piperazine rings is 1. The van der Waals surface area contributed by atoms with Gasteiger partial charge in [0.05, 0.1) is 13.7 Å². The molecule has 2 unspecified atom stereocenters. The number of hydrogen-bond acceptors (Lipinski definition) is 4. The molecular formula is C26H23N3O3S. The number of hydrogen-bond donors (Lipinski definition) is 1. The minimum atomic E-state index is -0.548. The summed E-state index contributed by atoms with van der Waals surface area (Å²) in [6.07, 6.45) is 0.497. The summed E-state index contributed by atoms with van der Waals surface area (Å²) in [4.78, 5) is 35.4. The normalized spacial score (nSPS) is 20.2. The zero-order valence-corrected chi connectivity index (χ0v) is 19.0. The highest BCUT2D eigenvalue weighted by Gasteiger charge is 2.48. The Bertz CT molecular complexity index is 1360. The fourth-order valence-electron chi connectivity index (χ4n) is 5.26. The van der Waals surface area contributed by atoms with E-state index in [1.807, 2.05) is 60.0 Å². The molecule has 1 fully saturated rings. The third kappa shape index (κ3) is 3.15. The SMILES string of the molecule is COc1ccccc1C1c2[nH]c3ccccc3c2CC2C(=O)N(Cc3cccs3)CC(=O)N21. The first-order valence-electron chi connectivity index (χ1n) is 11.0. The summed E-state index contributed by atoms with van der Waals surface area (Å²) in [6, 6.07) is 18.9. The lowest BCUT2D eigenvalue weighted by Crippen LogP contribution is -2.62. The number of carbonyl (C=O) groups is 2. The number of para-hydroxylation sites is 2. The molecule has 0 bridgehead atoms. The molecular weight excluding hydrogens is 434 g/mol. The van der Waals surface area contributed by atoms with Crippen molar-refractivity contribution < 1.29 is 14.3 Å². The summed E-state index contributed by atoms with van der Waals surface area (Å²) in [5, 5.41) is 3.09. The highest BCUT2D eigenvalue weighted by atomic mass is 32.1. The van der Waals surface area contributed by atoms with Crippen molar-refractivity contribution in [1.82, 2.24) is 14.8 Å². The minimum Gasteiger partial charge on any atom is -0.496 e. The maximum absolute atomic E-state index is 13.7. The van der Waals surface area contributed by atoms with E-state index in [0.29, 0.717) is 18.7 Å². The van der Waals surface area contributed by atoms with Crippen LogP contribution in [-0.4, -0.2) is 46.3 Å². The summed E-state index contributed by atoms with van der Waals surface area (Å²) in [5.41, 5.74) is 3.95. The van der Waals surface area contributed by atoms with Crippen LogP contribution in [-0.2, 0) is 22.6 Å². The van der Waals surface area contributed by atoms with Gasteiger partial charge in [0.1, 0.15) is 24.4 Å². The van der Waals surface area contributed by atoms with Gasteiger partial charge in [-0.3, -0.25) is 9.59 Å². The van der Waals surface area contributed by atoms with Crippen molar-refractivity contribution in [3.8, 4) is 5.75 Å². The monoisotopic (exact) mass is 457 g/mol. The molecule has 0 aliphatic carbocycles. The summed E-state index contributed by atoms with van der Waals surface area (Å²) in [7, 11) is 1.64. The van der Waals surface area contributed by atoms with Gasteiger partial charge in [0.25, 0.3) is 0 Å². The number of rotatable bonds is 4. The van der Waals surface area contributed by atoms with Crippen molar-refractivity contribution in [2.75, 3.05) is 13.7 Å². The number of nitrogens with zero attached hydrogens (tertiary/aromatic N) is 2. The Morgan fingerprint density at radius 1 is 1.06 bits per heavy atom. The number of aromatic nitrogens is 1. The van der Waals surface area contributed by atoms with Crippen LogP contribution in [0.5, 0.6) is 5.75 Å². The second-order valence-electron chi connectivity index (χ2n) is 8.50. The summed E-state index contributed by atoms with van der Waals surface area (Å²) >= 11 is 1.60. The lowest BCUT2D eigenvalue weighted by Gasteiger charge is -2.47. The third-order valence-electron chi connectivity index (χ3n) is 6.70. The van der Waals surface area contributed by atoms with Crippen LogP contribution in [0, 0.1) is 0 Å². The Morgan fingerprint density at radius 3 is 2.70 bits per heavy atom. The first-order chi connectivity index (χ1) is 16.2. The van der Waals surface area contributed by atoms with Gasteiger partial charge in [-0.05, 0) is 29.1 Å². The smallest absolute Gasteiger partial charge is 0.246 e. The number of methoxy groups -OCH3 is 1. The number of benzene rings is 2. The molecule has 6 rings (SSSR count). The van der Waals surface area contributed by atoms with Gasteiger partial charge in [0.15, 0.2) is 0 Å². The molecule has 33 heavy (non-hydrogen) atoms. The highest BCUT2D eigenvalue weighted by molar-refractivity contribution is 7.09. The Balaban J connectivity index is 1.51. The summed E-state index contributed by atoms with van der Waals surface area (Å²) in [5.74, 6) is 0.657. The zero-order valence-electron chi connectivity index (χ0n) is 18.2. The molecule has 7 heteroatoms. The lowest BCUT2D eigenvalue weighted by molar-refractivity contribution is -0.159. The van der Waals surface area contributed by atoms with Crippen LogP contribution in [0.4, 0.5) is 0 Å². The molecule has 2 aliphatic heterocycles. The lowest BCUT2D eigenvalue weighted by atomic mass is 9.86. The van der Waals surface area contributed by atoms with Gasteiger partial charge in [0.2, 0.25) is 11.8 Å². The summed E-state index contributed by atoms with van der Waals surface area (Å²) < 4.78 is 5.67. The van der Waals surface area contributed by atoms with Crippen molar-refractivity contribution in [2.24, 2.45) is 0 Å². The van der Waals surface area contributed by atoms with Gasteiger partial charge in [0, 0.05) is 33.5 Å². The molecule has 2 aromatic heterocycles. The topological polar surface area (TPSA) is 65.6 Å². The molecule has 2 amide bonds. The van der Waals surface area contributed by atoms with Crippen LogP contribution in [0.1, 0.15) is 27.7 Å². The molecule has 6 nitrogen and oxygen atoms in total. The number of fused-ring (bicyclic) bond motifs is 4. The van der Waals surface area contributed by atoms with Gasteiger partial charge >= 0.3 is 0 Å². The number of H-pyrrole nitrogens is 1. The van der Waals surface area contributed by atoms with Gasteiger partial charge in [-0.15, -0.1) is 11.3 Å². The second kappa shape index (κ2) is 7.78. The van der Waals surface area contributed by atoms with Crippen LogP contribution in [0.3, 0.4) is 0 Å². The van der Waals surface area contributed by atoms with Crippen molar-refractivity contribution in [3.63, 3.8) is 0 Å². The first-order valence-corrected chi connectivity index (χ1v) is 11.9. The van der Waals surface area contributed by atoms with E-state index < -0.39 is 12.1 Å². The van der Waals surface area contributed by atoms with Crippen LogP contribution in [0.15, 0.2) is 66.0 Å². The third-order valence-corrected chi connectivity index (χ3v) is 7.56. The first kappa shape index (κ1) is 20.1. The molecule has 1 saturated heterocycles. The molecule has 2 aliphatic rings. The van der Waals surface area contributed by atoms with E-state index in [1.54, 1.807) is 28.2 Å². The maximum atomic E-state index is 13.7. The molecule has 0 radical (unpaired) electrons. The predicted octanol–water partition coefficient (Wildman–Crippen LogP) is 4.12. The van der Waals surface area contributed by atoms with E-state index in [1.165, 1.54) is 0 Å². The average Bonchev–Trinajstić information content (AvgIpc) is 3.48. The number of amides is 2. The number of nitrogens with one attached hydrogen (secondary N) is 1. The molecule has 0 spiro atoms. The van der Waals surface area contributed by atoms with Crippen LogP contribution < -0.4 is 4.74 Å². The van der Waals surface area contributed by atoms with Crippen molar-refractivity contribution in [1.29, 1.82) is 0 Å². The average molecular weight is 458 g/mol. The van der Waals surface area contributed by atoms with E-state index in [4.69, 9.17) is 4.74 Å². The highest BCUT2D eigenvalue weighted by Crippen LogP contribution is 2.44. The molecule has 2 aromatic carbocycles. The molecule has 166 valence electrons. The van der Waals surface area contributed by atoms with Crippen molar-refractivity contribution in [3.05, 3.63) is 87.7 Å². The minimum absolute atomic E-state index is 0.00108. The van der Waals surface area contributed by atoms with Gasteiger partial charge in [-0.25, -0.2) is 0 Å². The number of ether oxygens (including phenoxy) is 1. The second-order valence-corrected chi connectivity index (χ2v) is 9.53. The standard InChI is InChI=1S/C26H23N3O3S/c1-32-22-11-5-3-9-18(22)25-24-19(17-8-2-4-10-20(17)27-24)13-21-26(31)28(15-23(30)29(21)25)14-16-7-6-12-33-16/h2-12,21,25,27H,13-15H2,1H3. The van der Waals surface area contributed by atoms with Gasteiger partial charge in [-0.2, -0.15) is 0 Å². The van der Waals surface area contributed by atoms with E-state index in [0.717, 1.165) is 32.6 Å². The van der Waals surface area contributed by atoms with E-state index in [9.17, 15) is 9.59 Å². The van der Waals surface area contributed by atoms with Gasteiger partial charge in [-0.1, -0.05) is 42.5 Å². The zero-order chi connectivity index (χ0) is 22.5. The molecule has 0 saturated carbocycles. The molecule has 4 heterocycles. The number of carbonyl (C=O) groups excluding carboxylic acids is 2. The Hall–Kier alpha value is -3.58. The van der Waals surface area contributed by atoms with Crippen molar-refractivity contribution >= 4 is 34.1 Å². The molecule has 1 N–H and O–H groups in total. The maximum Gasteiger partial charge on any atom is 0.246 e. The fourth-order valence-corrected chi connectivity index (χ4v) is 5.98. The Labute approximate surface area is 195 Å². The van der Waals surface area contributed by atoms with Crippen molar-refractivity contribution in [2.45, 2.75) is 25.0 Å². The quantitative estimate of drug-likeness (QED) is 0.501. The van der Waals surface area contributed by atoms with Crippen LogP contribution in [0.2, 0.25) is 0 Å². The van der Waals surface area contributed by atoms with E-state index in [2.05, 4.69) is 11.1 Å². The number of aromatic amines is 1. The van der Waals surface area contributed by atoms with E-state index >= 15 is 0 Å². The van der Waals surface area contributed by atoms with Gasteiger partial charge < -0.3 is 19.5 Å². The van der Waals surface area contributed by atoms with Crippen LogP contribution in [0.25, 0.3) is 10.9 Å². The number of thiophene rings is 1. The molecule has 4 aromatic rings. The van der Waals surface area contributed by atoms with Crippen LogP contribution >= 0.6 is 11.3 Å². The Morgan fingerprint density at radius 2 is 1.88 bits per heavy atom. The summed E-state index contributed by atoms with van der Waals surface area (Å²) in [6.45, 7) is 0.543. The Kier molecular flexibility index (Phi) is 4.73. The molecule has 2 atom stereocenters. The van der Waals surface area contributed by atoms with E-state index in [-0.39, 0.29) is 18.4 Å².